The summed E-state index contributed by atoms with van der Waals surface area (Å²) < 4.78 is 0.932. The minimum absolute atomic E-state index is 0.0326. The molecule has 0 heterocycles. The summed E-state index contributed by atoms with van der Waals surface area (Å²) in [5.41, 5.74) is 1.87. The fraction of sp³-hybridized carbons (Fsp3) is 0.312. The molecular weight excluding hydrogens is 318 g/mol. The van der Waals surface area contributed by atoms with Gasteiger partial charge in [-0.05, 0) is 60.5 Å². The zero-order valence-corrected chi connectivity index (χ0v) is 13.6. The van der Waals surface area contributed by atoms with E-state index in [1.807, 2.05) is 24.3 Å². The van der Waals surface area contributed by atoms with Crippen LogP contribution in [0, 0.1) is 0 Å². The summed E-state index contributed by atoms with van der Waals surface area (Å²) in [5.74, 6) is -0.951. The lowest BCUT2D eigenvalue weighted by atomic mass is 10.0. The summed E-state index contributed by atoms with van der Waals surface area (Å²) in [4.78, 5) is 12.8. The standard InChI is InChI=1S/C16H20BrNO2/c1-5-10-18(16(2,3)4)14-8-6-12(11-13(14)17)7-9-15(19)20/h5-9,11H,1,10H2,2-4H3,(H,19,20)/b9-7+. The van der Waals surface area contributed by atoms with Crippen LogP contribution in [0.1, 0.15) is 26.3 Å². The van der Waals surface area contributed by atoms with Gasteiger partial charge in [-0.2, -0.15) is 0 Å². The van der Waals surface area contributed by atoms with Crippen molar-refractivity contribution in [3.8, 4) is 0 Å². The van der Waals surface area contributed by atoms with E-state index in [9.17, 15) is 4.79 Å². The van der Waals surface area contributed by atoms with Crippen LogP contribution in [0.4, 0.5) is 5.69 Å². The number of aliphatic carboxylic acids is 1. The van der Waals surface area contributed by atoms with Gasteiger partial charge in [0.2, 0.25) is 0 Å². The van der Waals surface area contributed by atoms with Gasteiger partial charge in [-0.25, -0.2) is 4.79 Å². The van der Waals surface area contributed by atoms with Crippen LogP contribution in [0.15, 0.2) is 41.4 Å². The van der Waals surface area contributed by atoms with Gasteiger partial charge in [0, 0.05) is 22.6 Å². The molecule has 0 fully saturated rings. The average molecular weight is 338 g/mol. The van der Waals surface area contributed by atoms with Crippen molar-refractivity contribution in [1.82, 2.24) is 0 Å². The Bertz CT molecular complexity index is 530. The van der Waals surface area contributed by atoms with Gasteiger partial charge in [0.25, 0.3) is 0 Å². The molecule has 0 aliphatic carbocycles. The Labute approximate surface area is 128 Å². The fourth-order valence-electron chi connectivity index (χ4n) is 1.88. The van der Waals surface area contributed by atoms with Crippen molar-refractivity contribution in [2.45, 2.75) is 26.3 Å². The summed E-state index contributed by atoms with van der Waals surface area (Å²) in [6.45, 7) is 11.0. The molecule has 4 heteroatoms. The zero-order chi connectivity index (χ0) is 15.3. The van der Waals surface area contributed by atoms with Crippen LogP contribution in [0.5, 0.6) is 0 Å². The van der Waals surface area contributed by atoms with Crippen molar-refractivity contribution >= 4 is 33.7 Å². The van der Waals surface area contributed by atoms with E-state index in [1.165, 1.54) is 0 Å². The third-order valence-electron chi connectivity index (χ3n) is 2.80. The maximum atomic E-state index is 10.5. The molecule has 3 nitrogen and oxygen atoms in total. The highest BCUT2D eigenvalue weighted by Gasteiger charge is 2.22. The molecule has 0 bridgehead atoms. The molecule has 1 aromatic carbocycles. The van der Waals surface area contributed by atoms with Gasteiger partial charge in [-0.3, -0.25) is 0 Å². The van der Waals surface area contributed by atoms with Crippen molar-refractivity contribution in [3.05, 3.63) is 47.0 Å². The molecule has 1 rings (SSSR count). The van der Waals surface area contributed by atoms with Crippen molar-refractivity contribution < 1.29 is 9.90 Å². The summed E-state index contributed by atoms with van der Waals surface area (Å²) >= 11 is 3.56. The maximum Gasteiger partial charge on any atom is 0.328 e. The summed E-state index contributed by atoms with van der Waals surface area (Å²) in [6.07, 6.45) is 4.58. The van der Waals surface area contributed by atoms with Crippen LogP contribution >= 0.6 is 15.9 Å². The van der Waals surface area contributed by atoms with Crippen molar-refractivity contribution in [1.29, 1.82) is 0 Å². The first-order valence-corrected chi connectivity index (χ1v) is 7.14. The molecule has 0 radical (unpaired) electrons. The zero-order valence-electron chi connectivity index (χ0n) is 12.1. The lowest BCUT2D eigenvalue weighted by Gasteiger charge is -2.37. The average Bonchev–Trinajstić information content (AvgIpc) is 2.33. The number of carboxylic acid groups (broad SMARTS) is 1. The second kappa shape index (κ2) is 6.75. The largest absolute Gasteiger partial charge is 0.478 e. The number of carboxylic acids is 1. The fourth-order valence-corrected chi connectivity index (χ4v) is 2.49. The van der Waals surface area contributed by atoms with Crippen molar-refractivity contribution in [2.24, 2.45) is 0 Å². The van der Waals surface area contributed by atoms with E-state index in [2.05, 4.69) is 48.2 Å². The molecular formula is C16H20BrNO2. The van der Waals surface area contributed by atoms with Gasteiger partial charge in [-0.15, -0.1) is 6.58 Å². The number of hydrogen-bond donors (Lipinski definition) is 1. The van der Waals surface area contributed by atoms with Crippen LogP contribution in [0.2, 0.25) is 0 Å². The van der Waals surface area contributed by atoms with E-state index in [4.69, 9.17) is 5.11 Å². The predicted octanol–water partition coefficient (Wildman–Crippen LogP) is 4.34. The Hall–Kier alpha value is -1.55. The second-order valence-electron chi connectivity index (χ2n) is 5.45. The van der Waals surface area contributed by atoms with Crippen LogP contribution < -0.4 is 4.90 Å². The molecule has 0 amide bonds. The quantitative estimate of drug-likeness (QED) is 0.641. The highest BCUT2D eigenvalue weighted by Crippen LogP contribution is 2.32. The van der Waals surface area contributed by atoms with Crippen LogP contribution in [-0.4, -0.2) is 23.2 Å². The molecule has 1 N–H and O–H groups in total. The number of anilines is 1. The Morgan fingerprint density at radius 3 is 2.55 bits per heavy atom. The molecule has 0 atom stereocenters. The number of hydrogen-bond acceptors (Lipinski definition) is 2. The Kier molecular flexibility index (Phi) is 5.57. The molecule has 0 saturated heterocycles. The molecule has 0 aliphatic rings. The van der Waals surface area contributed by atoms with E-state index >= 15 is 0 Å². The summed E-state index contributed by atoms with van der Waals surface area (Å²) in [7, 11) is 0. The first-order valence-electron chi connectivity index (χ1n) is 6.35. The highest BCUT2D eigenvalue weighted by atomic mass is 79.9. The number of rotatable bonds is 5. The lowest BCUT2D eigenvalue weighted by Crippen LogP contribution is -2.41. The predicted molar refractivity (Wildman–Crippen MR) is 88.1 cm³/mol. The second-order valence-corrected chi connectivity index (χ2v) is 6.31. The molecule has 0 aromatic heterocycles. The van der Waals surface area contributed by atoms with Crippen LogP contribution in [0.25, 0.3) is 6.08 Å². The number of nitrogens with zero attached hydrogens (tertiary/aromatic N) is 1. The highest BCUT2D eigenvalue weighted by molar-refractivity contribution is 9.10. The van der Waals surface area contributed by atoms with Gasteiger partial charge in [0.15, 0.2) is 0 Å². The van der Waals surface area contributed by atoms with Gasteiger partial charge >= 0.3 is 5.97 Å². The normalized spacial score (nSPS) is 11.6. The summed E-state index contributed by atoms with van der Waals surface area (Å²) in [5, 5.41) is 8.65. The first-order chi connectivity index (χ1) is 9.25. The molecule has 108 valence electrons. The molecule has 0 unspecified atom stereocenters. The minimum Gasteiger partial charge on any atom is -0.478 e. The van der Waals surface area contributed by atoms with E-state index in [1.54, 1.807) is 6.08 Å². The third-order valence-corrected chi connectivity index (χ3v) is 3.44. The van der Waals surface area contributed by atoms with Crippen molar-refractivity contribution in [3.63, 3.8) is 0 Å². The van der Waals surface area contributed by atoms with E-state index in [-0.39, 0.29) is 5.54 Å². The van der Waals surface area contributed by atoms with Crippen molar-refractivity contribution in [2.75, 3.05) is 11.4 Å². The van der Waals surface area contributed by atoms with Gasteiger partial charge in [0.1, 0.15) is 0 Å². The SMILES string of the molecule is C=CCN(c1ccc(/C=C/C(=O)O)cc1Br)C(C)(C)C. The van der Waals surface area contributed by atoms with Gasteiger partial charge in [0.05, 0.1) is 5.69 Å². The molecule has 20 heavy (non-hydrogen) atoms. The Balaban J connectivity index is 3.13. The smallest absolute Gasteiger partial charge is 0.328 e. The number of carbonyl (C=O) groups is 1. The third kappa shape index (κ3) is 4.53. The molecule has 0 saturated carbocycles. The van der Waals surface area contributed by atoms with E-state index < -0.39 is 5.97 Å². The van der Waals surface area contributed by atoms with E-state index in [0.717, 1.165) is 28.3 Å². The molecule has 0 aliphatic heterocycles. The van der Waals surface area contributed by atoms with Gasteiger partial charge < -0.3 is 10.0 Å². The van der Waals surface area contributed by atoms with Crippen LogP contribution in [0.3, 0.4) is 0 Å². The number of halogens is 1. The topological polar surface area (TPSA) is 40.5 Å². The maximum absolute atomic E-state index is 10.5. The first kappa shape index (κ1) is 16.5. The number of benzene rings is 1. The molecule has 1 aromatic rings. The van der Waals surface area contributed by atoms with Crippen LogP contribution in [-0.2, 0) is 4.79 Å². The molecule has 0 spiro atoms. The Morgan fingerprint density at radius 1 is 1.45 bits per heavy atom. The van der Waals surface area contributed by atoms with Gasteiger partial charge in [-0.1, -0.05) is 12.1 Å². The monoisotopic (exact) mass is 337 g/mol. The lowest BCUT2D eigenvalue weighted by molar-refractivity contribution is -0.131. The van der Waals surface area contributed by atoms with E-state index in [0.29, 0.717) is 0 Å². The Morgan fingerprint density at radius 2 is 2.10 bits per heavy atom. The summed E-state index contributed by atoms with van der Waals surface area (Å²) in [6, 6.07) is 5.80. The minimum atomic E-state index is -0.951.